The lowest BCUT2D eigenvalue weighted by molar-refractivity contribution is -0.906. The van der Waals surface area contributed by atoms with Crippen molar-refractivity contribution in [2.24, 2.45) is 5.92 Å². The van der Waals surface area contributed by atoms with E-state index < -0.39 is 0 Å². The van der Waals surface area contributed by atoms with E-state index in [9.17, 15) is 0 Å². The van der Waals surface area contributed by atoms with Crippen molar-refractivity contribution in [3.05, 3.63) is 29.3 Å². The van der Waals surface area contributed by atoms with Crippen LogP contribution in [0.25, 0.3) is 0 Å². The summed E-state index contributed by atoms with van der Waals surface area (Å²) in [5.74, 6) is 0.927. The van der Waals surface area contributed by atoms with Crippen LogP contribution < -0.4 is 15.5 Å². The van der Waals surface area contributed by atoms with Crippen LogP contribution in [-0.4, -0.2) is 31.3 Å². The van der Waals surface area contributed by atoms with Crippen molar-refractivity contribution in [1.29, 1.82) is 0 Å². The van der Waals surface area contributed by atoms with Gasteiger partial charge in [-0.05, 0) is 62.0 Å². The summed E-state index contributed by atoms with van der Waals surface area (Å²) in [6.45, 7) is 11.5. The second kappa shape index (κ2) is 8.49. The number of likely N-dealkylation sites (tertiary alicyclic amines) is 1. The minimum Gasteiger partial charge on any atom is -0.362 e. The summed E-state index contributed by atoms with van der Waals surface area (Å²) in [7, 11) is 0. The number of anilines is 1. The van der Waals surface area contributed by atoms with Gasteiger partial charge in [-0.1, -0.05) is 19.1 Å². The van der Waals surface area contributed by atoms with Crippen LogP contribution in [0.3, 0.4) is 0 Å². The molecule has 0 radical (unpaired) electrons. The average molecular weight is 321 g/mol. The lowest BCUT2D eigenvalue weighted by atomic mass is 9.99. The van der Waals surface area contributed by atoms with Crippen molar-refractivity contribution >= 4 is 23.0 Å². The molecule has 0 saturated carbocycles. The summed E-state index contributed by atoms with van der Waals surface area (Å²) < 4.78 is 0. The normalized spacial score (nSPS) is 21.4. The minimum atomic E-state index is 0.732. The summed E-state index contributed by atoms with van der Waals surface area (Å²) in [6.07, 6.45) is 3.95. The van der Waals surface area contributed by atoms with E-state index in [-0.39, 0.29) is 0 Å². The summed E-state index contributed by atoms with van der Waals surface area (Å²) in [5.41, 5.74) is 3.58. The van der Waals surface area contributed by atoms with Crippen molar-refractivity contribution in [3.63, 3.8) is 0 Å². The highest BCUT2D eigenvalue weighted by molar-refractivity contribution is 7.80. The fourth-order valence-corrected chi connectivity index (χ4v) is 3.21. The number of quaternary nitrogens is 1. The molecule has 0 atom stereocenters. The molecule has 0 bridgehead atoms. The van der Waals surface area contributed by atoms with Gasteiger partial charge in [0.15, 0.2) is 5.11 Å². The summed E-state index contributed by atoms with van der Waals surface area (Å²) in [6, 6.07) is 6.39. The third-order valence-corrected chi connectivity index (χ3v) is 4.86. The van der Waals surface area contributed by atoms with Crippen molar-refractivity contribution in [3.8, 4) is 0 Å². The summed E-state index contributed by atoms with van der Waals surface area (Å²) in [5, 5.41) is 7.37. The topological polar surface area (TPSA) is 28.5 Å². The van der Waals surface area contributed by atoms with Gasteiger partial charge in [-0.15, -0.1) is 0 Å². The molecule has 1 heterocycles. The van der Waals surface area contributed by atoms with E-state index in [2.05, 4.69) is 49.6 Å². The predicted octanol–water partition coefficient (Wildman–Crippen LogP) is 2.29. The molecule has 0 aliphatic carbocycles. The third-order valence-electron chi connectivity index (χ3n) is 4.62. The molecular weight excluding hydrogens is 290 g/mol. The quantitative estimate of drug-likeness (QED) is 0.574. The highest BCUT2D eigenvalue weighted by atomic mass is 32.1. The van der Waals surface area contributed by atoms with E-state index in [0.717, 1.165) is 23.3 Å². The van der Waals surface area contributed by atoms with Gasteiger partial charge in [-0.25, -0.2) is 0 Å². The van der Waals surface area contributed by atoms with Gasteiger partial charge in [-0.2, -0.15) is 0 Å². The maximum Gasteiger partial charge on any atom is 0.170 e. The van der Waals surface area contributed by atoms with Gasteiger partial charge in [-0.3, -0.25) is 0 Å². The lowest BCUT2D eigenvalue weighted by Gasteiger charge is -2.27. The fourth-order valence-electron chi connectivity index (χ4n) is 3.00. The Hall–Kier alpha value is -1.13. The highest BCUT2D eigenvalue weighted by Gasteiger charge is 2.17. The zero-order chi connectivity index (χ0) is 15.9. The largest absolute Gasteiger partial charge is 0.362 e. The van der Waals surface area contributed by atoms with Gasteiger partial charge in [0.05, 0.1) is 19.6 Å². The molecule has 0 aromatic heterocycles. The van der Waals surface area contributed by atoms with E-state index in [0.29, 0.717) is 0 Å². The SMILES string of the molecule is Cc1ccc(C)c(NC(=S)NCCC[NH+]2CCC(C)CC2)c1. The van der Waals surface area contributed by atoms with Crippen LogP contribution in [0.4, 0.5) is 5.69 Å². The van der Waals surface area contributed by atoms with Crippen molar-refractivity contribution in [2.75, 3.05) is 31.5 Å². The first kappa shape index (κ1) is 17.2. The molecule has 1 aromatic rings. The Morgan fingerprint density at radius 1 is 1.27 bits per heavy atom. The Morgan fingerprint density at radius 2 is 2.00 bits per heavy atom. The first-order chi connectivity index (χ1) is 10.5. The van der Waals surface area contributed by atoms with Crippen LogP contribution in [0.5, 0.6) is 0 Å². The van der Waals surface area contributed by atoms with Crippen molar-refractivity contribution in [2.45, 2.75) is 40.0 Å². The number of thiocarbonyl (C=S) groups is 1. The molecule has 2 rings (SSSR count). The first-order valence-electron chi connectivity index (χ1n) is 8.50. The van der Waals surface area contributed by atoms with Crippen LogP contribution >= 0.6 is 12.2 Å². The first-order valence-corrected chi connectivity index (χ1v) is 8.91. The number of rotatable bonds is 5. The molecule has 0 spiro atoms. The molecule has 1 fully saturated rings. The molecular formula is C18H30N3S+. The maximum absolute atomic E-state index is 5.40. The van der Waals surface area contributed by atoms with Crippen molar-refractivity contribution in [1.82, 2.24) is 5.32 Å². The predicted molar refractivity (Wildman–Crippen MR) is 98.7 cm³/mol. The molecule has 1 aliphatic heterocycles. The molecule has 4 heteroatoms. The van der Waals surface area contributed by atoms with Crippen LogP contribution in [0, 0.1) is 19.8 Å². The van der Waals surface area contributed by atoms with Crippen LogP contribution in [0.1, 0.15) is 37.3 Å². The Balaban J connectivity index is 1.64. The molecule has 3 nitrogen and oxygen atoms in total. The Bertz CT molecular complexity index is 493. The summed E-state index contributed by atoms with van der Waals surface area (Å²) in [4.78, 5) is 1.76. The number of benzene rings is 1. The standard InChI is InChI=1S/C18H29N3S/c1-14-7-11-21(12-8-14)10-4-9-19-18(22)20-17-13-15(2)5-6-16(17)3/h5-6,13-14H,4,7-12H2,1-3H3,(H2,19,20,22)/p+1. The molecule has 22 heavy (non-hydrogen) atoms. The molecule has 0 amide bonds. The van der Waals surface area contributed by atoms with Gasteiger partial charge in [0.1, 0.15) is 0 Å². The minimum absolute atomic E-state index is 0.732. The van der Waals surface area contributed by atoms with Gasteiger partial charge in [0.2, 0.25) is 0 Å². The lowest BCUT2D eigenvalue weighted by Crippen LogP contribution is -3.13. The van der Waals surface area contributed by atoms with E-state index in [1.54, 1.807) is 4.90 Å². The number of hydrogen-bond acceptors (Lipinski definition) is 1. The zero-order valence-corrected chi connectivity index (χ0v) is 15.0. The van der Waals surface area contributed by atoms with E-state index >= 15 is 0 Å². The van der Waals surface area contributed by atoms with Gasteiger partial charge >= 0.3 is 0 Å². The maximum atomic E-state index is 5.40. The Labute approximate surface area is 140 Å². The fraction of sp³-hybridized carbons (Fsp3) is 0.611. The average Bonchev–Trinajstić information content (AvgIpc) is 2.49. The summed E-state index contributed by atoms with van der Waals surface area (Å²) >= 11 is 5.40. The highest BCUT2D eigenvalue weighted by Crippen LogP contribution is 2.16. The van der Waals surface area contributed by atoms with E-state index in [1.807, 2.05) is 0 Å². The van der Waals surface area contributed by atoms with Crippen LogP contribution in [0.2, 0.25) is 0 Å². The van der Waals surface area contributed by atoms with Gasteiger partial charge < -0.3 is 15.5 Å². The second-order valence-electron chi connectivity index (χ2n) is 6.74. The zero-order valence-electron chi connectivity index (χ0n) is 14.2. The number of aryl methyl sites for hydroxylation is 2. The number of hydrogen-bond donors (Lipinski definition) is 3. The molecule has 1 aliphatic rings. The molecule has 0 unspecified atom stereocenters. The van der Waals surface area contributed by atoms with Gasteiger partial charge in [0, 0.05) is 18.7 Å². The van der Waals surface area contributed by atoms with Gasteiger partial charge in [0.25, 0.3) is 0 Å². The molecule has 122 valence electrons. The second-order valence-corrected chi connectivity index (χ2v) is 7.14. The monoisotopic (exact) mass is 320 g/mol. The Morgan fingerprint density at radius 3 is 2.73 bits per heavy atom. The third kappa shape index (κ3) is 5.58. The molecule has 1 aromatic carbocycles. The van der Waals surface area contributed by atoms with Crippen LogP contribution in [0.15, 0.2) is 18.2 Å². The number of nitrogens with one attached hydrogen (secondary N) is 3. The number of piperidine rings is 1. The van der Waals surface area contributed by atoms with E-state index in [1.165, 1.54) is 50.0 Å². The van der Waals surface area contributed by atoms with Crippen LogP contribution in [-0.2, 0) is 0 Å². The van der Waals surface area contributed by atoms with Crippen molar-refractivity contribution < 1.29 is 4.90 Å². The Kier molecular flexibility index (Phi) is 6.65. The smallest absolute Gasteiger partial charge is 0.170 e. The molecule has 3 N–H and O–H groups in total. The van der Waals surface area contributed by atoms with E-state index in [4.69, 9.17) is 12.2 Å². The molecule has 1 saturated heterocycles.